The van der Waals surface area contributed by atoms with Crippen molar-refractivity contribution in [2.45, 2.75) is 20.0 Å². The molecule has 1 aromatic heterocycles. The van der Waals surface area contributed by atoms with Gasteiger partial charge in [0.25, 0.3) is 0 Å². The zero-order chi connectivity index (χ0) is 9.54. The van der Waals surface area contributed by atoms with Gasteiger partial charge >= 0.3 is 0 Å². The fourth-order valence-electron chi connectivity index (χ4n) is 2.38. The molecule has 2 heterocycles. The maximum Gasteiger partial charge on any atom is 0.0513 e. The predicted molar refractivity (Wildman–Crippen MR) is 58.4 cm³/mol. The van der Waals surface area contributed by atoms with E-state index in [1.54, 1.807) is 0 Å². The zero-order valence-corrected chi connectivity index (χ0v) is 8.38. The third-order valence-electron chi connectivity index (χ3n) is 3.03. The first-order valence-electron chi connectivity index (χ1n) is 5.15. The Morgan fingerprint density at radius 3 is 3.21 bits per heavy atom. The van der Waals surface area contributed by atoms with Crippen LogP contribution in [0.15, 0.2) is 24.3 Å². The molecule has 1 aliphatic heterocycles. The highest BCUT2D eigenvalue weighted by atomic mass is 15.1. The predicted octanol–water partition coefficient (Wildman–Crippen LogP) is 2.05. The van der Waals surface area contributed by atoms with Crippen LogP contribution in [0.1, 0.15) is 11.3 Å². The summed E-state index contributed by atoms with van der Waals surface area (Å²) < 4.78 is 2.45. The number of fused-ring (bicyclic) bond motifs is 3. The fourth-order valence-corrected chi connectivity index (χ4v) is 2.38. The van der Waals surface area contributed by atoms with Crippen LogP contribution in [0.4, 0.5) is 0 Å². The van der Waals surface area contributed by atoms with E-state index in [1.807, 2.05) is 0 Å². The number of aromatic nitrogens is 1. The van der Waals surface area contributed by atoms with Gasteiger partial charge in [-0.05, 0) is 18.6 Å². The summed E-state index contributed by atoms with van der Waals surface area (Å²) in [5.74, 6) is 0. The normalized spacial score (nSPS) is 15.8. The first-order chi connectivity index (χ1) is 6.86. The van der Waals surface area contributed by atoms with Gasteiger partial charge in [0.1, 0.15) is 0 Å². The smallest absolute Gasteiger partial charge is 0.0513 e. The molecule has 2 aromatic rings. The largest absolute Gasteiger partial charge is 0.342 e. The second-order valence-corrected chi connectivity index (χ2v) is 3.98. The topological polar surface area (TPSA) is 17.0 Å². The van der Waals surface area contributed by atoms with Gasteiger partial charge in [0.05, 0.1) is 5.52 Å². The Morgan fingerprint density at radius 1 is 1.36 bits per heavy atom. The number of para-hydroxylation sites is 1. The SMILES string of the molecule is Cc1cccc2cc3n(c12)CCNC3. The van der Waals surface area contributed by atoms with Crippen LogP contribution >= 0.6 is 0 Å². The number of rotatable bonds is 0. The molecule has 0 atom stereocenters. The van der Waals surface area contributed by atoms with E-state index in [-0.39, 0.29) is 0 Å². The fraction of sp³-hybridized carbons (Fsp3) is 0.333. The Balaban J connectivity index is 2.38. The molecule has 1 aromatic carbocycles. The van der Waals surface area contributed by atoms with E-state index in [9.17, 15) is 0 Å². The van der Waals surface area contributed by atoms with Crippen LogP contribution in [0.5, 0.6) is 0 Å². The Kier molecular flexibility index (Phi) is 1.64. The first-order valence-corrected chi connectivity index (χ1v) is 5.15. The Bertz CT molecular complexity index is 482. The quantitative estimate of drug-likeness (QED) is 0.666. The third-order valence-corrected chi connectivity index (χ3v) is 3.03. The standard InChI is InChI=1S/C12H14N2/c1-9-3-2-4-10-7-11-8-13-5-6-14(11)12(9)10/h2-4,7,13H,5-6,8H2,1H3. The highest BCUT2D eigenvalue weighted by molar-refractivity contribution is 5.84. The van der Waals surface area contributed by atoms with Crippen LogP contribution in [-0.2, 0) is 13.1 Å². The molecule has 0 aliphatic carbocycles. The summed E-state index contributed by atoms with van der Waals surface area (Å²) in [5.41, 5.74) is 4.22. The molecule has 14 heavy (non-hydrogen) atoms. The van der Waals surface area contributed by atoms with E-state index in [2.05, 4.69) is 41.1 Å². The van der Waals surface area contributed by atoms with Crippen molar-refractivity contribution >= 4 is 10.9 Å². The minimum absolute atomic E-state index is 1.01. The van der Waals surface area contributed by atoms with Crippen LogP contribution in [-0.4, -0.2) is 11.1 Å². The lowest BCUT2D eigenvalue weighted by atomic mass is 10.2. The van der Waals surface area contributed by atoms with Gasteiger partial charge in [-0.25, -0.2) is 0 Å². The van der Waals surface area contributed by atoms with Gasteiger partial charge in [-0.3, -0.25) is 0 Å². The molecular formula is C12H14N2. The van der Waals surface area contributed by atoms with Crippen LogP contribution in [0.3, 0.4) is 0 Å². The molecule has 1 N–H and O–H groups in total. The van der Waals surface area contributed by atoms with Gasteiger partial charge in [0, 0.05) is 30.7 Å². The molecule has 0 saturated carbocycles. The van der Waals surface area contributed by atoms with Gasteiger partial charge < -0.3 is 9.88 Å². The zero-order valence-electron chi connectivity index (χ0n) is 8.38. The molecule has 0 radical (unpaired) electrons. The highest BCUT2D eigenvalue weighted by Crippen LogP contribution is 2.24. The molecule has 0 spiro atoms. The summed E-state index contributed by atoms with van der Waals surface area (Å²) in [6, 6.07) is 8.83. The Labute approximate surface area is 83.5 Å². The van der Waals surface area contributed by atoms with E-state index >= 15 is 0 Å². The molecule has 0 bridgehead atoms. The van der Waals surface area contributed by atoms with Crippen molar-refractivity contribution in [1.29, 1.82) is 0 Å². The number of hydrogen-bond donors (Lipinski definition) is 1. The second kappa shape index (κ2) is 2.85. The van der Waals surface area contributed by atoms with E-state index in [0.29, 0.717) is 0 Å². The summed E-state index contributed by atoms with van der Waals surface area (Å²) in [4.78, 5) is 0. The summed E-state index contributed by atoms with van der Waals surface area (Å²) in [6.07, 6.45) is 0. The molecular weight excluding hydrogens is 172 g/mol. The molecule has 0 unspecified atom stereocenters. The average molecular weight is 186 g/mol. The van der Waals surface area contributed by atoms with Crippen molar-refractivity contribution in [3.05, 3.63) is 35.5 Å². The monoisotopic (exact) mass is 186 g/mol. The lowest BCUT2D eigenvalue weighted by Crippen LogP contribution is -2.27. The molecule has 2 nitrogen and oxygen atoms in total. The third kappa shape index (κ3) is 1.01. The summed E-state index contributed by atoms with van der Waals surface area (Å²) in [5, 5.41) is 4.78. The number of nitrogens with one attached hydrogen (secondary N) is 1. The number of nitrogens with zero attached hydrogens (tertiary/aromatic N) is 1. The van der Waals surface area contributed by atoms with Crippen molar-refractivity contribution in [2.75, 3.05) is 6.54 Å². The number of hydrogen-bond acceptors (Lipinski definition) is 1. The number of aryl methyl sites for hydroxylation is 1. The maximum absolute atomic E-state index is 3.40. The lowest BCUT2D eigenvalue weighted by molar-refractivity contribution is 0.526. The molecule has 3 rings (SSSR count). The van der Waals surface area contributed by atoms with Crippen molar-refractivity contribution in [3.63, 3.8) is 0 Å². The van der Waals surface area contributed by atoms with Gasteiger partial charge in [-0.15, -0.1) is 0 Å². The van der Waals surface area contributed by atoms with Crippen molar-refractivity contribution < 1.29 is 0 Å². The summed E-state index contributed by atoms with van der Waals surface area (Å²) >= 11 is 0. The van der Waals surface area contributed by atoms with E-state index in [1.165, 1.54) is 22.2 Å². The van der Waals surface area contributed by atoms with E-state index in [4.69, 9.17) is 0 Å². The molecule has 2 heteroatoms. The van der Waals surface area contributed by atoms with Crippen LogP contribution in [0, 0.1) is 6.92 Å². The van der Waals surface area contributed by atoms with E-state index in [0.717, 1.165) is 19.6 Å². The van der Waals surface area contributed by atoms with Gasteiger partial charge in [-0.2, -0.15) is 0 Å². The molecule has 1 aliphatic rings. The number of benzene rings is 1. The minimum Gasteiger partial charge on any atom is -0.342 e. The van der Waals surface area contributed by atoms with Crippen molar-refractivity contribution in [2.24, 2.45) is 0 Å². The van der Waals surface area contributed by atoms with Crippen LogP contribution in [0.2, 0.25) is 0 Å². The Morgan fingerprint density at radius 2 is 2.29 bits per heavy atom. The lowest BCUT2D eigenvalue weighted by Gasteiger charge is -2.17. The van der Waals surface area contributed by atoms with Crippen molar-refractivity contribution in [1.82, 2.24) is 9.88 Å². The molecule has 0 amide bonds. The maximum atomic E-state index is 3.40. The highest BCUT2D eigenvalue weighted by Gasteiger charge is 2.12. The minimum atomic E-state index is 1.01. The van der Waals surface area contributed by atoms with Gasteiger partial charge in [-0.1, -0.05) is 18.2 Å². The van der Waals surface area contributed by atoms with Crippen LogP contribution < -0.4 is 5.32 Å². The second-order valence-electron chi connectivity index (χ2n) is 3.98. The summed E-state index contributed by atoms with van der Waals surface area (Å²) in [7, 11) is 0. The van der Waals surface area contributed by atoms with Gasteiger partial charge in [0.15, 0.2) is 0 Å². The summed E-state index contributed by atoms with van der Waals surface area (Å²) in [6.45, 7) is 5.39. The van der Waals surface area contributed by atoms with Crippen LogP contribution in [0.25, 0.3) is 10.9 Å². The molecule has 0 saturated heterocycles. The Hall–Kier alpha value is -1.28. The average Bonchev–Trinajstić information content (AvgIpc) is 2.57. The van der Waals surface area contributed by atoms with E-state index < -0.39 is 0 Å². The molecule has 0 fully saturated rings. The molecule has 72 valence electrons. The van der Waals surface area contributed by atoms with Gasteiger partial charge in [0.2, 0.25) is 0 Å². The first kappa shape index (κ1) is 8.06. The van der Waals surface area contributed by atoms with Crippen molar-refractivity contribution in [3.8, 4) is 0 Å².